The zero-order valence-corrected chi connectivity index (χ0v) is 12.4. The van der Waals surface area contributed by atoms with E-state index in [-0.39, 0.29) is 0 Å². The summed E-state index contributed by atoms with van der Waals surface area (Å²) in [5.41, 5.74) is 5.63. The molecule has 0 bridgehead atoms. The minimum absolute atomic E-state index is 0.940. The maximum atomic E-state index is 3.21. The third-order valence-corrected chi connectivity index (χ3v) is 4.81. The van der Waals surface area contributed by atoms with Crippen LogP contribution >= 0.6 is 11.3 Å². The van der Waals surface area contributed by atoms with Crippen LogP contribution in [0.4, 0.5) is 5.69 Å². The van der Waals surface area contributed by atoms with Gasteiger partial charge in [-0.25, -0.2) is 0 Å². The number of rotatable bonds is 3. The van der Waals surface area contributed by atoms with Crippen molar-refractivity contribution in [3.63, 3.8) is 0 Å². The van der Waals surface area contributed by atoms with Crippen LogP contribution in [-0.2, 0) is 19.5 Å². The molecule has 0 fully saturated rings. The summed E-state index contributed by atoms with van der Waals surface area (Å²) < 4.78 is 0. The number of hydrogen-bond acceptors (Lipinski definition) is 3. The van der Waals surface area contributed by atoms with Crippen LogP contribution in [0.2, 0.25) is 0 Å². The first-order valence-electron chi connectivity index (χ1n) is 6.82. The van der Waals surface area contributed by atoms with Crippen LogP contribution in [0, 0.1) is 6.92 Å². The summed E-state index contributed by atoms with van der Waals surface area (Å²) in [7, 11) is 1.99. The van der Waals surface area contributed by atoms with Crippen molar-refractivity contribution in [3.05, 3.63) is 51.2 Å². The molecule has 1 aliphatic heterocycles. The number of nitrogens with zero attached hydrogens (tertiary/aromatic N) is 1. The van der Waals surface area contributed by atoms with Gasteiger partial charge in [0.05, 0.1) is 0 Å². The van der Waals surface area contributed by atoms with Gasteiger partial charge in [-0.1, -0.05) is 12.1 Å². The van der Waals surface area contributed by atoms with Gasteiger partial charge in [0, 0.05) is 30.2 Å². The molecular formula is C16H20N2S. The standard InChI is InChI=1S/C16H20N2S/c1-12-9-13(10-17-2)3-4-15(12)18-7-5-16-14(11-18)6-8-19-16/h3-4,6,8-9,17H,5,7,10-11H2,1-2H3. The number of benzene rings is 1. The van der Waals surface area contributed by atoms with Gasteiger partial charge in [-0.2, -0.15) is 0 Å². The highest BCUT2D eigenvalue weighted by Gasteiger charge is 2.18. The van der Waals surface area contributed by atoms with Crippen LogP contribution < -0.4 is 10.2 Å². The molecule has 3 rings (SSSR count). The minimum atomic E-state index is 0.940. The lowest BCUT2D eigenvalue weighted by Gasteiger charge is -2.30. The van der Waals surface area contributed by atoms with Gasteiger partial charge in [-0.15, -0.1) is 11.3 Å². The van der Waals surface area contributed by atoms with Gasteiger partial charge in [-0.3, -0.25) is 0 Å². The van der Waals surface area contributed by atoms with Crippen LogP contribution in [0.15, 0.2) is 29.6 Å². The van der Waals surface area contributed by atoms with Crippen molar-refractivity contribution < 1.29 is 0 Å². The summed E-state index contributed by atoms with van der Waals surface area (Å²) in [6.07, 6.45) is 1.19. The second kappa shape index (κ2) is 5.35. The minimum Gasteiger partial charge on any atom is -0.367 e. The molecule has 3 heteroatoms. The van der Waals surface area contributed by atoms with Crippen LogP contribution in [-0.4, -0.2) is 13.6 Å². The van der Waals surface area contributed by atoms with Crippen LogP contribution in [0.3, 0.4) is 0 Å². The van der Waals surface area contributed by atoms with Crippen molar-refractivity contribution in [2.45, 2.75) is 26.4 Å². The number of aryl methyl sites for hydroxylation is 1. The zero-order valence-electron chi connectivity index (χ0n) is 11.6. The van der Waals surface area contributed by atoms with E-state index in [1.807, 2.05) is 18.4 Å². The Morgan fingerprint density at radius 2 is 2.21 bits per heavy atom. The highest BCUT2D eigenvalue weighted by Crippen LogP contribution is 2.30. The van der Waals surface area contributed by atoms with Crippen molar-refractivity contribution in [3.8, 4) is 0 Å². The topological polar surface area (TPSA) is 15.3 Å². The molecule has 0 aliphatic carbocycles. The molecule has 0 unspecified atom stereocenters. The highest BCUT2D eigenvalue weighted by atomic mass is 32.1. The zero-order chi connectivity index (χ0) is 13.2. The molecule has 0 saturated carbocycles. The largest absolute Gasteiger partial charge is 0.367 e. The molecule has 2 heterocycles. The van der Waals surface area contributed by atoms with Gasteiger partial charge >= 0.3 is 0 Å². The molecule has 1 aliphatic rings. The van der Waals surface area contributed by atoms with E-state index >= 15 is 0 Å². The molecule has 1 aromatic carbocycles. The van der Waals surface area contributed by atoms with Gasteiger partial charge < -0.3 is 10.2 Å². The molecule has 1 N–H and O–H groups in total. The van der Waals surface area contributed by atoms with E-state index in [2.05, 4.69) is 46.8 Å². The number of nitrogens with one attached hydrogen (secondary N) is 1. The number of hydrogen-bond donors (Lipinski definition) is 1. The van der Waals surface area contributed by atoms with E-state index in [1.165, 1.54) is 28.8 Å². The summed E-state index contributed by atoms with van der Waals surface area (Å²) in [4.78, 5) is 4.08. The van der Waals surface area contributed by atoms with Crippen molar-refractivity contribution in [1.82, 2.24) is 5.32 Å². The van der Waals surface area contributed by atoms with Crippen molar-refractivity contribution in [2.75, 3.05) is 18.5 Å². The van der Waals surface area contributed by atoms with Crippen molar-refractivity contribution in [1.29, 1.82) is 0 Å². The average Bonchev–Trinajstić information content (AvgIpc) is 2.86. The Labute approximate surface area is 119 Å². The van der Waals surface area contributed by atoms with Crippen LogP contribution in [0.25, 0.3) is 0 Å². The van der Waals surface area contributed by atoms with E-state index in [4.69, 9.17) is 0 Å². The first-order valence-corrected chi connectivity index (χ1v) is 7.70. The first-order chi connectivity index (χ1) is 9.28. The summed E-state index contributed by atoms with van der Waals surface area (Å²) in [6.45, 7) is 5.36. The van der Waals surface area contributed by atoms with Gasteiger partial charge in [0.25, 0.3) is 0 Å². The number of fused-ring (bicyclic) bond motifs is 1. The quantitative estimate of drug-likeness (QED) is 0.922. The summed E-state index contributed by atoms with van der Waals surface area (Å²) in [5.74, 6) is 0. The first kappa shape index (κ1) is 12.7. The smallest absolute Gasteiger partial charge is 0.0440 e. The number of anilines is 1. The van der Waals surface area contributed by atoms with E-state index in [9.17, 15) is 0 Å². The fraction of sp³-hybridized carbons (Fsp3) is 0.375. The van der Waals surface area contributed by atoms with E-state index in [0.717, 1.165) is 19.6 Å². The SMILES string of the molecule is CNCc1ccc(N2CCc3sccc3C2)c(C)c1. The molecule has 0 saturated heterocycles. The van der Waals surface area contributed by atoms with Crippen molar-refractivity contribution >= 4 is 17.0 Å². The van der Waals surface area contributed by atoms with E-state index < -0.39 is 0 Å². The Hall–Kier alpha value is -1.32. The molecule has 2 aromatic rings. The molecule has 100 valence electrons. The molecule has 0 radical (unpaired) electrons. The fourth-order valence-corrected chi connectivity index (χ4v) is 3.73. The maximum absolute atomic E-state index is 3.21. The normalized spacial score (nSPS) is 14.5. The van der Waals surface area contributed by atoms with Gasteiger partial charge in [-0.05, 0) is 54.6 Å². The Bertz CT molecular complexity index is 574. The summed E-state index contributed by atoms with van der Waals surface area (Å²) in [6, 6.07) is 9.09. The Morgan fingerprint density at radius 1 is 1.32 bits per heavy atom. The van der Waals surface area contributed by atoms with Gasteiger partial charge in [0.1, 0.15) is 0 Å². The van der Waals surface area contributed by atoms with Crippen LogP contribution in [0.1, 0.15) is 21.6 Å². The second-order valence-corrected chi connectivity index (χ2v) is 6.19. The van der Waals surface area contributed by atoms with E-state index in [1.54, 1.807) is 4.88 Å². The highest BCUT2D eigenvalue weighted by molar-refractivity contribution is 7.10. The predicted molar refractivity (Wildman–Crippen MR) is 83.0 cm³/mol. The summed E-state index contributed by atoms with van der Waals surface area (Å²) in [5, 5.41) is 5.43. The van der Waals surface area contributed by atoms with Gasteiger partial charge in [0.15, 0.2) is 0 Å². The van der Waals surface area contributed by atoms with Gasteiger partial charge in [0.2, 0.25) is 0 Å². The second-order valence-electron chi connectivity index (χ2n) is 5.19. The Balaban J connectivity index is 1.83. The molecular weight excluding hydrogens is 252 g/mol. The lowest BCUT2D eigenvalue weighted by Crippen LogP contribution is -2.29. The molecule has 2 nitrogen and oxygen atoms in total. The predicted octanol–water partition coefficient (Wildman–Crippen LogP) is 3.34. The molecule has 0 spiro atoms. The Morgan fingerprint density at radius 3 is 3.00 bits per heavy atom. The lowest BCUT2D eigenvalue weighted by atomic mass is 10.0. The summed E-state index contributed by atoms with van der Waals surface area (Å²) >= 11 is 1.90. The number of thiophene rings is 1. The third-order valence-electron chi connectivity index (χ3n) is 3.79. The Kier molecular flexibility index (Phi) is 3.58. The molecule has 19 heavy (non-hydrogen) atoms. The average molecular weight is 272 g/mol. The molecule has 0 atom stereocenters. The molecule has 1 aromatic heterocycles. The third kappa shape index (κ3) is 2.53. The lowest BCUT2D eigenvalue weighted by molar-refractivity contribution is 0.740. The van der Waals surface area contributed by atoms with E-state index in [0.29, 0.717) is 0 Å². The maximum Gasteiger partial charge on any atom is 0.0440 e. The van der Waals surface area contributed by atoms with Crippen molar-refractivity contribution in [2.24, 2.45) is 0 Å². The molecule has 0 amide bonds. The monoisotopic (exact) mass is 272 g/mol. The fourth-order valence-electron chi connectivity index (χ4n) is 2.84. The van der Waals surface area contributed by atoms with Crippen LogP contribution in [0.5, 0.6) is 0 Å².